The SMILES string of the molecule is COc1cc(C[NH2+]C(C)(C)C)ccc1OCc1cccs1. The molecule has 0 atom stereocenters. The van der Waals surface area contributed by atoms with Crippen molar-refractivity contribution < 1.29 is 14.8 Å². The molecule has 2 rings (SSSR count). The van der Waals surface area contributed by atoms with Gasteiger partial charge in [0, 0.05) is 10.4 Å². The molecule has 1 heterocycles. The molecule has 1 aromatic heterocycles. The van der Waals surface area contributed by atoms with Crippen LogP contribution in [0.4, 0.5) is 0 Å². The van der Waals surface area contributed by atoms with Crippen molar-refractivity contribution in [2.24, 2.45) is 0 Å². The fourth-order valence-corrected chi connectivity index (χ4v) is 2.54. The average molecular weight is 306 g/mol. The Morgan fingerprint density at radius 3 is 2.57 bits per heavy atom. The van der Waals surface area contributed by atoms with Crippen LogP contribution in [0.5, 0.6) is 11.5 Å². The minimum Gasteiger partial charge on any atom is -0.493 e. The van der Waals surface area contributed by atoms with Gasteiger partial charge in [0.15, 0.2) is 11.5 Å². The van der Waals surface area contributed by atoms with Crippen LogP contribution in [0, 0.1) is 0 Å². The van der Waals surface area contributed by atoms with Crippen LogP contribution >= 0.6 is 11.3 Å². The summed E-state index contributed by atoms with van der Waals surface area (Å²) in [5, 5.41) is 4.37. The summed E-state index contributed by atoms with van der Waals surface area (Å²) in [6.07, 6.45) is 0. The van der Waals surface area contributed by atoms with Crippen LogP contribution in [0.2, 0.25) is 0 Å². The van der Waals surface area contributed by atoms with Crippen LogP contribution in [0.1, 0.15) is 31.2 Å². The topological polar surface area (TPSA) is 35.1 Å². The van der Waals surface area contributed by atoms with E-state index in [0.29, 0.717) is 6.61 Å². The monoisotopic (exact) mass is 306 g/mol. The van der Waals surface area contributed by atoms with E-state index in [4.69, 9.17) is 9.47 Å². The Balaban J connectivity index is 2.02. The van der Waals surface area contributed by atoms with Gasteiger partial charge in [0.1, 0.15) is 13.2 Å². The number of benzene rings is 1. The van der Waals surface area contributed by atoms with Gasteiger partial charge in [-0.1, -0.05) is 6.07 Å². The lowest BCUT2D eigenvalue weighted by Gasteiger charge is -2.17. The molecule has 0 aliphatic rings. The zero-order chi connectivity index (χ0) is 15.3. The van der Waals surface area contributed by atoms with Gasteiger partial charge in [-0.25, -0.2) is 0 Å². The number of nitrogens with two attached hydrogens (primary N) is 1. The smallest absolute Gasteiger partial charge is 0.161 e. The average Bonchev–Trinajstić information content (AvgIpc) is 2.95. The minimum absolute atomic E-state index is 0.224. The van der Waals surface area contributed by atoms with Gasteiger partial charge in [0.25, 0.3) is 0 Å². The van der Waals surface area contributed by atoms with E-state index in [1.165, 1.54) is 10.4 Å². The molecule has 0 spiro atoms. The third-order valence-electron chi connectivity index (χ3n) is 3.13. The molecule has 0 aliphatic carbocycles. The fraction of sp³-hybridized carbons (Fsp3) is 0.412. The molecule has 0 saturated carbocycles. The third kappa shape index (κ3) is 5.06. The number of thiophene rings is 1. The van der Waals surface area contributed by atoms with Gasteiger partial charge >= 0.3 is 0 Å². The zero-order valence-electron chi connectivity index (χ0n) is 13.2. The van der Waals surface area contributed by atoms with Gasteiger partial charge in [-0.05, 0) is 50.4 Å². The van der Waals surface area contributed by atoms with Crippen LogP contribution in [-0.2, 0) is 13.2 Å². The zero-order valence-corrected chi connectivity index (χ0v) is 14.0. The van der Waals surface area contributed by atoms with E-state index in [-0.39, 0.29) is 5.54 Å². The van der Waals surface area contributed by atoms with E-state index >= 15 is 0 Å². The van der Waals surface area contributed by atoms with E-state index < -0.39 is 0 Å². The Kier molecular flexibility index (Phi) is 5.26. The van der Waals surface area contributed by atoms with Crippen LogP contribution < -0.4 is 14.8 Å². The maximum Gasteiger partial charge on any atom is 0.161 e. The fourth-order valence-electron chi connectivity index (χ4n) is 1.93. The maximum absolute atomic E-state index is 5.85. The van der Waals surface area contributed by atoms with Gasteiger partial charge in [-0.2, -0.15) is 0 Å². The van der Waals surface area contributed by atoms with Gasteiger partial charge in [0.2, 0.25) is 0 Å². The minimum atomic E-state index is 0.224. The van der Waals surface area contributed by atoms with Crippen molar-refractivity contribution >= 4 is 11.3 Å². The molecule has 2 aromatic rings. The molecule has 3 nitrogen and oxygen atoms in total. The van der Waals surface area contributed by atoms with Crippen molar-refractivity contribution in [3.05, 3.63) is 46.2 Å². The number of methoxy groups -OCH3 is 1. The molecule has 0 fully saturated rings. The summed E-state index contributed by atoms with van der Waals surface area (Å²) in [5.74, 6) is 1.59. The first-order valence-electron chi connectivity index (χ1n) is 7.14. The van der Waals surface area contributed by atoms with Gasteiger partial charge in [-0.15, -0.1) is 11.3 Å². The Bertz CT molecular complexity index is 559. The maximum atomic E-state index is 5.85. The molecule has 21 heavy (non-hydrogen) atoms. The van der Waals surface area contributed by atoms with Crippen LogP contribution in [0.15, 0.2) is 35.7 Å². The first kappa shape index (κ1) is 15.9. The van der Waals surface area contributed by atoms with Crippen LogP contribution in [0.25, 0.3) is 0 Å². The van der Waals surface area contributed by atoms with Crippen molar-refractivity contribution in [2.75, 3.05) is 7.11 Å². The first-order chi connectivity index (χ1) is 9.98. The molecule has 1 aromatic carbocycles. The quantitative estimate of drug-likeness (QED) is 0.889. The molecule has 0 unspecified atom stereocenters. The van der Waals surface area contributed by atoms with Crippen molar-refractivity contribution in [3.63, 3.8) is 0 Å². The predicted octanol–water partition coefficient (Wildman–Crippen LogP) is 3.20. The first-order valence-corrected chi connectivity index (χ1v) is 8.02. The Morgan fingerprint density at radius 2 is 1.95 bits per heavy atom. The number of rotatable bonds is 6. The Morgan fingerprint density at radius 1 is 1.14 bits per heavy atom. The molecule has 4 heteroatoms. The largest absolute Gasteiger partial charge is 0.493 e. The lowest BCUT2D eigenvalue weighted by atomic mass is 10.1. The van der Waals surface area contributed by atoms with Crippen LogP contribution in [0.3, 0.4) is 0 Å². The Hall–Kier alpha value is -1.52. The second-order valence-electron chi connectivity index (χ2n) is 6.13. The summed E-state index contributed by atoms with van der Waals surface area (Å²) >= 11 is 1.70. The molecule has 0 radical (unpaired) electrons. The van der Waals surface area contributed by atoms with E-state index in [1.54, 1.807) is 18.4 Å². The number of quaternary nitrogens is 1. The highest BCUT2D eigenvalue weighted by Gasteiger charge is 2.14. The summed E-state index contributed by atoms with van der Waals surface area (Å²) in [5.41, 5.74) is 1.46. The number of hydrogen-bond acceptors (Lipinski definition) is 3. The highest BCUT2D eigenvalue weighted by Crippen LogP contribution is 2.29. The second-order valence-corrected chi connectivity index (χ2v) is 7.16. The molecule has 114 valence electrons. The molecule has 0 amide bonds. The van der Waals surface area contributed by atoms with Crippen LogP contribution in [-0.4, -0.2) is 12.6 Å². The molecule has 0 saturated heterocycles. The van der Waals surface area contributed by atoms with Gasteiger partial charge in [-0.3, -0.25) is 0 Å². The second kappa shape index (κ2) is 6.96. The molecular weight excluding hydrogens is 282 g/mol. The van der Waals surface area contributed by atoms with Crippen molar-refractivity contribution in [3.8, 4) is 11.5 Å². The highest BCUT2D eigenvalue weighted by molar-refractivity contribution is 7.09. The number of hydrogen-bond donors (Lipinski definition) is 1. The van der Waals surface area contributed by atoms with E-state index in [0.717, 1.165) is 18.0 Å². The third-order valence-corrected chi connectivity index (χ3v) is 3.98. The summed E-state index contributed by atoms with van der Waals surface area (Å²) < 4.78 is 11.3. The molecule has 0 aliphatic heterocycles. The van der Waals surface area contributed by atoms with Gasteiger partial charge in [0.05, 0.1) is 12.6 Å². The summed E-state index contributed by atoms with van der Waals surface area (Å²) in [4.78, 5) is 1.21. The lowest BCUT2D eigenvalue weighted by molar-refractivity contribution is -0.731. The lowest BCUT2D eigenvalue weighted by Crippen LogP contribution is -2.92. The normalized spacial score (nSPS) is 11.4. The number of ether oxygens (including phenoxy) is 2. The summed E-state index contributed by atoms with van der Waals surface area (Å²) in [6, 6.07) is 10.3. The standard InChI is InChI=1S/C17H23NO2S/c1-17(2,3)18-11-13-7-8-15(16(10-13)19-4)20-12-14-6-5-9-21-14/h5-10,18H,11-12H2,1-4H3/p+1. The summed E-state index contributed by atoms with van der Waals surface area (Å²) in [7, 11) is 1.69. The van der Waals surface area contributed by atoms with E-state index in [9.17, 15) is 0 Å². The predicted molar refractivity (Wildman–Crippen MR) is 87.0 cm³/mol. The van der Waals surface area contributed by atoms with Gasteiger partial charge < -0.3 is 14.8 Å². The van der Waals surface area contributed by atoms with Crippen molar-refractivity contribution in [1.82, 2.24) is 0 Å². The molecule has 0 bridgehead atoms. The molecular formula is C17H24NO2S+. The van der Waals surface area contributed by atoms with E-state index in [1.807, 2.05) is 12.1 Å². The van der Waals surface area contributed by atoms with Crippen molar-refractivity contribution in [2.45, 2.75) is 39.5 Å². The summed E-state index contributed by atoms with van der Waals surface area (Å²) in [6.45, 7) is 8.15. The van der Waals surface area contributed by atoms with Crippen molar-refractivity contribution in [1.29, 1.82) is 0 Å². The Labute approximate surface area is 130 Å². The highest BCUT2D eigenvalue weighted by atomic mass is 32.1. The molecule has 2 N–H and O–H groups in total. The van der Waals surface area contributed by atoms with E-state index in [2.05, 4.69) is 49.7 Å².